The largest absolute Gasteiger partial charge is 0.337 e. The average molecular weight is 378 g/mol. The van der Waals surface area contributed by atoms with Gasteiger partial charge in [0.05, 0.1) is 11.7 Å². The molecule has 0 N–H and O–H groups in total. The molecule has 6 nitrogen and oxygen atoms in total. The Kier molecular flexibility index (Phi) is 3.89. The van der Waals surface area contributed by atoms with Gasteiger partial charge in [-0.15, -0.1) is 11.3 Å². The number of hydrogen-bond donors (Lipinski definition) is 0. The van der Waals surface area contributed by atoms with Crippen molar-refractivity contribution in [2.75, 3.05) is 0 Å². The van der Waals surface area contributed by atoms with Crippen LogP contribution in [-0.4, -0.2) is 19.7 Å². The molecule has 5 rings (SSSR count). The molecule has 0 saturated carbocycles. The molecule has 0 fully saturated rings. The van der Waals surface area contributed by atoms with Crippen molar-refractivity contribution >= 4 is 21.6 Å². The van der Waals surface area contributed by atoms with Crippen LogP contribution in [0.5, 0.6) is 0 Å². The predicted molar refractivity (Wildman–Crippen MR) is 104 cm³/mol. The van der Waals surface area contributed by atoms with E-state index in [2.05, 4.69) is 34.2 Å². The Morgan fingerprint density at radius 3 is 2.89 bits per heavy atom. The molecule has 0 aliphatic heterocycles. The summed E-state index contributed by atoms with van der Waals surface area (Å²) >= 11 is 1.64. The maximum atomic E-state index is 12.9. The van der Waals surface area contributed by atoms with Gasteiger partial charge < -0.3 is 4.52 Å². The summed E-state index contributed by atoms with van der Waals surface area (Å²) in [5.41, 5.74) is 3.33. The minimum absolute atomic E-state index is 0.0218. The fraction of sp³-hybridized carbons (Fsp3) is 0.300. The molecule has 0 unspecified atom stereocenters. The molecule has 4 aromatic rings. The third kappa shape index (κ3) is 2.78. The van der Waals surface area contributed by atoms with Gasteiger partial charge in [-0.2, -0.15) is 4.98 Å². The molecule has 1 aromatic carbocycles. The summed E-state index contributed by atoms with van der Waals surface area (Å²) in [6.07, 6.45) is 5.71. The summed E-state index contributed by atoms with van der Waals surface area (Å²) in [4.78, 5) is 24.0. The highest BCUT2D eigenvalue weighted by atomic mass is 32.1. The first-order valence-electron chi connectivity index (χ1n) is 9.14. The van der Waals surface area contributed by atoms with Crippen LogP contribution in [0, 0.1) is 0 Å². The van der Waals surface area contributed by atoms with Gasteiger partial charge in [-0.05, 0) is 36.8 Å². The van der Waals surface area contributed by atoms with E-state index in [0.717, 1.165) is 41.5 Å². The third-order valence-electron chi connectivity index (χ3n) is 5.09. The van der Waals surface area contributed by atoms with Crippen LogP contribution in [0.3, 0.4) is 0 Å². The normalized spacial score (nSPS) is 13.4. The van der Waals surface area contributed by atoms with E-state index in [4.69, 9.17) is 4.52 Å². The van der Waals surface area contributed by atoms with E-state index in [9.17, 15) is 4.79 Å². The number of benzene rings is 1. The molecule has 3 heterocycles. The molecule has 0 atom stereocenters. The molecule has 136 valence electrons. The zero-order valence-corrected chi connectivity index (χ0v) is 15.8. The molecule has 0 saturated heterocycles. The van der Waals surface area contributed by atoms with E-state index in [1.807, 2.05) is 12.1 Å². The maximum absolute atomic E-state index is 12.9. The van der Waals surface area contributed by atoms with Crippen LogP contribution in [0.4, 0.5) is 0 Å². The first kappa shape index (κ1) is 16.4. The zero-order chi connectivity index (χ0) is 18.4. The van der Waals surface area contributed by atoms with Crippen LogP contribution < -0.4 is 5.56 Å². The highest BCUT2D eigenvalue weighted by Crippen LogP contribution is 2.34. The van der Waals surface area contributed by atoms with Crippen molar-refractivity contribution < 1.29 is 4.52 Å². The van der Waals surface area contributed by atoms with Crippen LogP contribution in [0.1, 0.15) is 35.2 Å². The topological polar surface area (TPSA) is 73.8 Å². The van der Waals surface area contributed by atoms with Gasteiger partial charge in [0.2, 0.25) is 11.7 Å². The van der Waals surface area contributed by atoms with Gasteiger partial charge in [0.1, 0.15) is 11.4 Å². The smallest absolute Gasteiger partial charge is 0.262 e. The summed E-state index contributed by atoms with van der Waals surface area (Å²) in [5, 5.41) is 4.83. The lowest BCUT2D eigenvalue weighted by Gasteiger charge is -2.02. The Bertz CT molecular complexity index is 1190. The van der Waals surface area contributed by atoms with Crippen molar-refractivity contribution in [3.63, 3.8) is 0 Å². The van der Waals surface area contributed by atoms with Crippen molar-refractivity contribution in [2.24, 2.45) is 0 Å². The molecule has 1 aliphatic carbocycles. The van der Waals surface area contributed by atoms with Crippen LogP contribution in [0.15, 0.2) is 39.9 Å². The predicted octanol–water partition coefficient (Wildman–Crippen LogP) is 3.61. The third-order valence-corrected chi connectivity index (χ3v) is 6.29. The molecule has 0 spiro atoms. The van der Waals surface area contributed by atoms with E-state index in [1.165, 1.54) is 16.0 Å². The Morgan fingerprint density at radius 2 is 2.07 bits per heavy atom. The Hall–Kier alpha value is -2.80. The van der Waals surface area contributed by atoms with Gasteiger partial charge in [-0.25, -0.2) is 4.98 Å². The highest BCUT2D eigenvalue weighted by molar-refractivity contribution is 7.18. The number of hydrogen-bond acceptors (Lipinski definition) is 6. The molecular formula is C20H18N4O2S. The number of fused-ring (bicyclic) bond motifs is 3. The number of aryl methyl sites for hydroxylation is 3. The van der Waals surface area contributed by atoms with Gasteiger partial charge in [0.25, 0.3) is 5.56 Å². The van der Waals surface area contributed by atoms with Crippen molar-refractivity contribution in [1.82, 2.24) is 19.7 Å². The Morgan fingerprint density at radius 1 is 1.22 bits per heavy atom. The Labute approximate surface area is 159 Å². The van der Waals surface area contributed by atoms with Gasteiger partial charge in [-0.3, -0.25) is 9.36 Å². The SMILES string of the molecule is CCc1ccc(-c2noc(Cn3cnc4sc5c(c4c3=O)CCC5)n2)cc1. The van der Waals surface area contributed by atoms with E-state index in [-0.39, 0.29) is 12.1 Å². The molecule has 0 bridgehead atoms. The second kappa shape index (κ2) is 6.42. The minimum Gasteiger partial charge on any atom is -0.337 e. The molecule has 1 aliphatic rings. The van der Waals surface area contributed by atoms with Crippen molar-refractivity contribution in [1.29, 1.82) is 0 Å². The summed E-state index contributed by atoms with van der Waals surface area (Å²) in [5.74, 6) is 0.936. The summed E-state index contributed by atoms with van der Waals surface area (Å²) < 4.78 is 6.94. The van der Waals surface area contributed by atoms with Crippen LogP contribution in [0.25, 0.3) is 21.6 Å². The van der Waals surface area contributed by atoms with Crippen molar-refractivity contribution in [2.45, 2.75) is 39.2 Å². The monoisotopic (exact) mass is 378 g/mol. The van der Waals surface area contributed by atoms with Crippen molar-refractivity contribution in [3.05, 3.63) is 62.8 Å². The average Bonchev–Trinajstić information content (AvgIpc) is 3.40. The lowest BCUT2D eigenvalue weighted by atomic mass is 10.1. The zero-order valence-electron chi connectivity index (χ0n) is 14.9. The quantitative estimate of drug-likeness (QED) is 0.542. The summed E-state index contributed by atoms with van der Waals surface area (Å²) in [7, 11) is 0. The van der Waals surface area contributed by atoms with Gasteiger partial charge in [0.15, 0.2) is 0 Å². The number of nitrogens with zero attached hydrogens (tertiary/aromatic N) is 4. The lowest BCUT2D eigenvalue weighted by molar-refractivity contribution is 0.369. The van der Waals surface area contributed by atoms with Crippen molar-refractivity contribution in [3.8, 4) is 11.4 Å². The van der Waals surface area contributed by atoms with Gasteiger partial charge in [0, 0.05) is 10.4 Å². The number of thiophene rings is 1. The first-order valence-corrected chi connectivity index (χ1v) is 9.96. The van der Waals surface area contributed by atoms with Crippen LogP contribution in [0.2, 0.25) is 0 Å². The molecule has 27 heavy (non-hydrogen) atoms. The molecule has 3 aromatic heterocycles. The van der Waals surface area contributed by atoms with E-state index >= 15 is 0 Å². The first-order chi connectivity index (χ1) is 13.2. The van der Waals surface area contributed by atoms with E-state index < -0.39 is 0 Å². The fourth-order valence-corrected chi connectivity index (χ4v) is 4.82. The molecule has 0 amide bonds. The Balaban J connectivity index is 1.46. The molecule has 0 radical (unpaired) electrons. The van der Waals surface area contributed by atoms with E-state index in [0.29, 0.717) is 11.7 Å². The molecular weight excluding hydrogens is 360 g/mol. The van der Waals surface area contributed by atoms with E-state index in [1.54, 1.807) is 22.2 Å². The summed E-state index contributed by atoms with van der Waals surface area (Å²) in [6, 6.07) is 8.10. The second-order valence-corrected chi connectivity index (χ2v) is 7.86. The second-order valence-electron chi connectivity index (χ2n) is 6.78. The number of rotatable bonds is 4. The number of aromatic nitrogens is 4. The van der Waals surface area contributed by atoms with Gasteiger partial charge in [-0.1, -0.05) is 36.3 Å². The highest BCUT2D eigenvalue weighted by Gasteiger charge is 2.21. The molecule has 7 heteroatoms. The minimum atomic E-state index is -0.0218. The lowest BCUT2D eigenvalue weighted by Crippen LogP contribution is -2.21. The van der Waals surface area contributed by atoms with Gasteiger partial charge >= 0.3 is 0 Å². The van der Waals surface area contributed by atoms with Crippen LogP contribution in [-0.2, 0) is 25.8 Å². The summed E-state index contributed by atoms with van der Waals surface area (Å²) in [6.45, 7) is 2.35. The maximum Gasteiger partial charge on any atom is 0.262 e. The fourth-order valence-electron chi connectivity index (χ4n) is 3.60. The standard InChI is InChI=1S/C20H18N4O2S/c1-2-12-6-8-13(9-7-12)18-22-16(26-23-18)10-24-11-21-19-17(20(24)25)14-4-3-5-15(14)27-19/h6-9,11H,2-5,10H2,1H3. The van der Waals surface area contributed by atoms with Crippen LogP contribution >= 0.6 is 11.3 Å².